The number of rotatable bonds is 5. The molecule has 3 aromatic rings. The number of aromatic nitrogens is 2. The minimum absolute atomic E-state index is 0.200. The first kappa shape index (κ1) is 19.0. The van der Waals surface area contributed by atoms with E-state index in [0.717, 1.165) is 12.0 Å². The predicted molar refractivity (Wildman–Crippen MR) is 104 cm³/mol. The monoisotopic (exact) mass is 378 g/mol. The molecule has 0 spiro atoms. The number of imidazole rings is 1. The lowest BCUT2D eigenvalue weighted by atomic mass is 10.1. The summed E-state index contributed by atoms with van der Waals surface area (Å²) in [5, 5.41) is 0. The van der Waals surface area contributed by atoms with Gasteiger partial charge in [0.05, 0.1) is 12.5 Å². The van der Waals surface area contributed by atoms with Gasteiger partial charge in [-0.25, -0.2) is 9.37 Å². The van der Waals surface area contributed by atoms with Crippen molar-refractivity contribution >= 4 is 17.9 Å². The summed E-state index contributed by atoms with van der Waals surface area (Å²) in [4.78, 5) is 28.2. The van der Waals surface area contributed by atoms with Crippen molar-refractivity contribution in [3.63, 3.8) is 0 Å². The highest BCUT2D eigenvalue weighted by Gasteiger charge is 2.13. The van der Waals surface area contributed by atoms with Crippen molar-refractivity contribution in [3.8, 4) is 5.69 Å². The van der Waals surface area contributed by atoms with Gasteiger partial charge in [-0.05, 0) is 47.9 Å². The fourth-order valence-electron chi connectivity index (χ4n) is 2.53. The number of nitrogens with one attached hydrogen (secondary N) is 2. The SMILES string of the molecule is CCc1ccc(/C=C/C(=O)NNC(=O)c2cncn2-c2ccc(F)cc2)cc1. The fraction of sp³-hybridized carbons (Fsp3) is 0.0952. The molecule has 2 amide bonds. The highest BCUT2D eigenvalue weighted by atomic mass is 19.1. The summed E-state index contributed by atoms with van der Waals surface area (Å²) in [6, 6.07) is 13.5. The Labute approximate surface area is 161 Å². The quantitative estimate of drug-likeness (QED) is 0.529. The molecule has 3 rings (SSSR count). The minimum Gasteiger partial charge on any atom is -0.295 e. The number of carbonyl (C=O) groups excluding carboxylic acids is 2. The smallest absolute Gasteiger partial charge is 0.288 e. The number of halogens is 1. The van der Waals surface area contributed by atoms with E-state index in [0.29, 0.717) is 5.69 Å². The number of hydrogen-bond acceptors (Lipinski definition) is 3. The molecule has 1 heterocycles. The Morgan fingerprint density at radius 2 is 1.79 bits per heavy atom. The molecule has 1 aromatic heterocycles. The van der Waals surface area contributed by atoms with Crippen LogP contribution in [0.5, 0.6) is 0 Å². The Morgan fingerprint density at radius 1 is 1.07 bits per heavy atom. The lowest BCUT2D eigenvalue weighted by Gasteiger charge is -2.09. The molecule has 0 saturated carbocycles. The zero-order valence-electron chi connectivity index (χ0n) is 15.2. The summed E-state index contributed by atoms with van der Waals surface area (Å²) < 4.78 is 14.6. The summed E-state index contributed by atoms with van der Waals surface area (Å²) in [5.74, 6) is -1.39. The third-order valence-corrected chi connectivity index (χ3v) is 4.09. The first-order chi connectivity index (χ1) is 13.6. The normalized spacial score (nSPS) is 10.8. The number of amides is 2. The standard InChI is InChI=1S/C21H19FN4O2/c1-2-15-3-5-16(6-4-15)7-12-20(27)24-25-21(28)19-13-23-14-26(19)18-10-8-17(22)9-11-18/h3-14H,2H2,1H3,(H,24,27)(H,25,28)/b12-7+. The maximum atomic E-state index is 13.1. The van der Waals surface area contributed by atoms with Gasteiger partial charge in [0.25, 0.3) is 11.8 Å². The van der Waals surface area contributed by atoms with E-state index in [2.05, 4.69) is 22.8 Å². The molecule has 142 valence electrons. The Kier molecular flexibility index (Phi) is 5.96. The number of carbonyl (C=O) groups is 2. The summed E-state index contributed by atoms with van der Waals surface area (Å²) in [7, 11) is 0. The summed E-state index contributed by atoms with van der Waals surface area (Å²) in [6.45, 7) is 2.07. The van der Waals surface area contributed by atoms with E-state index in [1.165, 1.54) is 53.0 Å². The van der Waals surface area contributed by atoms with Crippen LogP contribution in [-0.4, -0.2) is 21.4 Å². The molecule has 0 aliphatic heterocycles. The highest BCUT2D eigenvalue weighted by molar-refractivity contribution is 5.97. The average Bonchev–Trinajstić information content (AvgIpc) is 3.21. The van der Waals surface area contributed by atoms with Crippen LogP contribution in [0.15, 0.2) is 67.1 Å². The molecule has 2 aromatic carbocycles. The maximum Gasteiger partial charge on any atom is 0.288 e. The molecule has 2 N–H and O–H groups in total. The van der Waals surface area contributed by atoms with Crippen molar-refractivity contribution < 1.29 is 14.0 Å². The van der Waals surface area contributed by atoms with Crippen LogP contribution in [0.3, 0.4) is 0 Å². The number of benzene rings is 2. The molecule has 7 heteroatoms. The van der Waals surface area contributed by atoms with Gasteiger partial charge < -0.3 is 0 Å². The van der Waals surface area contributed by atoms with Gasteiger partial charge in [0.15, 0.2) is 0 Å². The van der Waals surface area contributed by atoms with E-state index < -0.39 is 11.8 Å². The number of hydrogen-bond donors (Lipinski definition) is 2. The molecule has 6 nitrogen and oxygen atoms in total. The van der Waals surface area contributed by atoms with Gasteiger partial charge in [0, 0.05) is 11.8 Å². The van der Waals surface area contributed by atoms with Crippen molar-refractivity contribution in [1.82, 2.24) is 20.4 Å². The van der Waals surface area contributed by atoms with Crippen LogP contribution in [-0.2, 0) is 11.2 Å². The second-order valence-electron chi connectivity index (χ2n) is 6.00. The van der Waals surface area contributed by atoms with E-state index in [1.54, 1.807) is 6.08 Å². The zero-order chi connectivity index (χ0) is 19.9. The Balaban J connectivity index is 1.59. The molecule has 0 atom stereocenters. The second kappa shape index (κ2) is 8.77. The van der Waals surface area contributed by atoms with E-state index in [1.807, 2.05) is 24.3 Å². The van der Waals surface area contributed by atoms with Crippen LogP contribution < -0.4 is 10.9 Å². The maximum absolute atomic E-state index is 13.1. The lowest BCUT2D eigenvalue weighted by molar-refractivity contribution is -0.117. The molecule has 0 aliphatic carbocycles. The molecule has 0 unspecified atom stereocenters. The van der Waals surface area contributed by atoms with Crippen LogP contribution in [0.4, 0.5) is 4.39 Å². The van der Waals surface area contributed by atoms with Crippen molar-refractivity contribution in [1.29, 1.82) is 0 Å². The Bertz CT molecular complexity index is 992. The molecule has 0 fully saturated rings. The van der Waals surface area contributed by atoms with Crippen LogP contribution >= 0.6 is 0 Å². The van der Waals surface area contributed by atoms with Gasteiger partial charge in [0.1, 0.15) is 11.5 Å². The number of nitrogens with zero attached hydrogens (tertiary/aromatic N) is 2. The predicted octanol–water partition coefficient (Wildman–Crippen LogP) is 3.05. The summed E-state index contributed by atoms with van der Waals surface area (Å²) in [6.07, 6.45) is 6.73. The van der Waals surface area contributed by atoms with Crippen LogP contribution in [0, 0.1) is 5.82 Å². The second-order valence-corrected chi connectivity index (χ2v) is 6.00. The van der Waals surface area contributed by atoms with Gasteiger partial charge in [-0.1, -0.05) is 31.2 Å². The summed E-state index contributed by atoms with van der Waals surface area (Å²) >= 11 is 0. The van der Waals surface area contributed by atoms with Gasteiger partial charge in [0.2, 0.25) is 0 Å². The molecule has 0 saturated heterocycles. The van der Waals surface area contributed by atoms with E-state index in [-0.39, 0.29) is 11.5 Å². The zero-order valence-corrected chi connectivity index (χ0v) is 15.2. The molecule has 0 aliphatic rings. The molecular formula is C21H19FN4O2. The summed E-state index contributed by atoms with van der Waals surface area (Å²) in [5.41, 5.74) is 7.53. The van der Waals surface area contributed by atoms with Crippen molar-refractivity contribution in [2.45, 2.75) is 13.3 Å². The van der Waals surface area contributed by atoms with Gasteiger partial charge >= 0.3 is 0 Å². The number of aryl methyl sites for hydroxylation is 1. The average molecular weight is 378 g/mol. The molecular weight excluding hydrogens is 359 g/mol. The molecule has 0 radical (unpaired) electrons. The van der Waals surface area contributed by atoms with Gasteiger partial charge in [-0.2, -0.15) is 0 Å². The highest BCUT2D eigenvalue weighted by Crippen LogP contribution is 2.12. The van der Waals surface area contributed by atoms with Crippen molar-refractivity contribution in [2.24, 2.45) is 0 Å². The van der Waals surface area contributed by atoms with Crippen LogP contribution in [0.1, 0.15) is 28.5 Å². The third-order valence-electron chi connectivity index (χ3n) is 4.09. The van der Waals surface area contributed by atoms with Gasteiger partial charge in [-0.3, -0.25) is 25.0 Å². The fourth-order valence-corrected chi connectivity index (χ4v) is 2.53. The Morgan fingerprint density at radius 3 is 2.46 bits per heavy atom. The minimum atomic E-state index is -0.545. The van der Waals surface area contributed by atoms with Gasteiger partial charge in [-0.15, -0.1) is 0 Å². The number of hydrazine groups is 1. The van der Waals surface area contributed by atoms with Crippen LogP contribution in [0.25, 0.3) is 11.8 Å². The molecule has 0 bridgehead atoms. The first-order valence-corrected chi connectivity index (χ1v) is 8.72. The van der Waals surface area contributed by atoms with Crippen molar-refractivity contribution in [3.05, 3.63) is 89.8 Å². The molecule has 28 heavy (non-hydrogen) atoms. The van der Waals surface area contributed by atoms with Crippen LogP contribution in [0.2, 0.25) is 0 Å². The van der Waals surface area contributed by atoms with E-state index >= 15 is 0 Å². The van der Waals surface area contributed by atoms with E-state index in [9.17, 15) is 14.0 Å². The topological polar surface area (TPSA) is 76.0 Å². The lowest BCUT2D eigenvalue weighted by Crippen LogP contribution is -2.41. The van der Waals surface area contributed by atoms with Crippen molar-refractivity contribution in [2.75, 3.05) is 0 Å². The third kappa shape index (κ3) is 4.70. The Hall–Kier alpha value is -3.74. The largest absolute Gasteiger partial charge is 0.295 e. The van der Waals surface area contributed by atoms with E-state index in [4.69, 9.17) is 0 Å². The first-order valence-electron chi connectivity index (χ1n) is 8.72.